The van der Waals surface area contributed by atoms with Crippen molar-refractivity contribution in [3.05, 3.63) is 95.0 Å². The maximum absolute atomic E-state index is 13.5. The lowest BCUT2D eigenvalue weighted by Gasteiger charge is -2.22. The smallest absolute Gasteiger partial charge is 0.243 e. The molecule has 1 N–H and O–H groups in total. The topological polar surface area (TPSA) is 69.7 Å². The van der Waals surface area contributed by atoms with Crippen LogP contribution in [0.3, 0.4) is 0 Å². The summed E-state index contributed by atoms with van der Waals surface area (Å²) in [5.74, 6) is -0.408. The van der Waals surface area contributed by atoms with Crippen molar-refractivity contribution in [2.24, 2.45) is 0 Å². The molecule has 6 nitrogen and oxygen atoms in total. The van der Waals surface area contributed by atoms with Crippen LogP contribution in [0.1, 0.15) is 17.5 Å². The van der Waals surface area contributed by atoms with Crippen LogP contribution in [0.2, 0.25) is 5.02 Å². The summed E-state index contributed by atoms with van der Waals surface area (Å²) in [6.07, 6.45) is 1.31. The van der Waals surface area contributed by atoms with Gasteiger partial charge in [-0.2, -0.15) is 4.31 Å². The zero-order valence-corrected chi connectivity index (χ0v) is 21.0. The molecule has 8 heteroatoms. The summed E-state index contributed by atoms with van der Waals surface area (Å²) >= 11 is 5.90. The highest BCUT2D eigenvalue weighted by Gasteiger charge is 2.26. The number of nitrogens with zero attached hydrogens (tertiary/aromatic N) is 2. The number of rotatable bonds is 11. The molecule has 0 aliphatic rings. The Morgan fingerprint density at radius 2 is 1.53 bits per heavy atom. The fourth-order valence-corrected chi connectivity index (χ4v) is 5.12. The van der Waals surface area contributed by atoms with E-state index in [4.69, 9.17) is 11.6 Å². The average Bonchev–Trinajstić information content (AvgIpc) is 2.80. The fourth-order valence-electron chi connectivity index (χ4n) is 3.56. The molecule has 0 fully saturated rings. The predicted molar refractivity (Wildman–Crippen MR) is 137 cm³/mol. The molecule has 0 atom stereocenters. The second-order valence-corrected chi connectivity index (χ2v) is 10.7. The number of benzene rings is 3. The van der Waals surface area contributed by atoms with Gasteiger partial charge in [-0.05, 0) is 74.5 Å². The van der Waals surface area contributed by atoms with E-state index in [-0.39, 0.29) is 18.0 Å². The third kappa shape index (κ3) is 7.67. The lowest BCUT2D eigenvalue weighted by Crippen LogP contribution is -2.38. The molecule has 180 valence electrons. The number of amides is 1. The number of carbonyl (C=O) groups excluding carboxylic acids is 1. The second kappa shape index (κ2) is 12.1. The zero-order chi connectivity index (χ0) is 24.6. The molecule has 0 aliphatic carbocycles. The summed E-state index contributed by atoms with van der Waals surface area (Å²) in [5, 5.41) is 3.31. The van der Waals surface area contributed by atoms with Crippen LogP contribution in [-0.4, -0.2) is 50.7 Å². The van der Waals surface area contributed by atoms with Crippen molar-refractivity contribution in [3.8, 4) is 0 Å². The maximum atomic E-state index is 13.5. The first kappa shape index (κ1) is 25.9. The molecule has 0 saturated heterocycles. The van der Waals surface area contributed by atoms with Gasteiger partial charge in [-0.25, -0.2) is 8.42 Å². The third-order valence-electron chi connectivity index (χ3n) is 5.22. The minimum atomic E-state index is -3.86. The number of halogens is 1. The molecule has 1 amide bonds. The number of nitrogens with one attached hydrogen (secondary N) is 1. The summed E-state index contributed by atoms with van der Waals surface area (Å²) in [4.78, 5) is 14.9. The first-order chi connectivity index (χ1) is 16.2. The summed E-state index contributed by atoms with van der Waals surface area (Å²) in [7, 11) is 0.0565. The van der Waals surface area contributed by atoms with Crippen LogP contribution in [0.5, 0.6) is 0 Å². The average molecular weight is 500 g/mol. The van der Waals surface area contributed by atoms with E-state index in [0.29, 0.717) is 30.1 Å². The Bertz CT molecular complexity index is 1170. The number of carbonyl (C=O) groups is 1. The van der Waals surface area contributed by atoms with Crippen molar-refractivity contribution in [1.29, 1.82) is 0 Å². The normalized spacial score (nSPS) is 11.7. The molecule has 0 aliphatic heterocycles. The van der Waals surface area contributed by atoms with Crippen molar-refractivity contribution in [2.45, 2.75) is 24.3 Å². The number of sulfonamides is 1. The van der Waals surface area contributed by atoms with E-state index in [9.17, 15) is 13.2 Å². The zero-order valence-electron chi connectivity index (χ0n) is 19.4. The van der Waals surface area contributed by atoms with Gasteiger partial charge >= 0.3 is 0 Å². The van der Waals surface area contributed by atoms with Crippen molar-refractivity contribution in [2.75, 3.05) is 32.5 Å². The molecule has 3 aromatic rings. The van der Waals surface area contributed by atoms with Crippen LogP contribution in [0, 0.1) is 0 Å². The summed E-state index contributed by atoms with van der Waals surface area (Å²) < 4.78 is 28.2. The van der Waals surface area contributed by atoms with Crippen LogP contribution >= 0.6 is 11.6 Å². The first-order valence-corrected chi connectivity index (χ1v) is 12.9. The monoisotopic (exact) mass is 499 g/mol. The van der Waals surface area contributed by atoms with Gasteiger partial charge in [0.05, 0.1) is 11.4 Å². The van der Waals surface area contributed by atoms with Crippen molar-refractivity contribution in [1.82, 2.24) is 9.21 Å². The Morgan fingerprint density at radius 3 is 2.15 bits per heavy atom. The highest BCUT2D eigenvalue weighted by Crippen LogP contribution is 2.19. The number of aryl methyl sites for hydroxylation is 1. The molecule has 0 saturated carbocycles. The van der Waals surface area contributed by atoms with Crippen molar-refractivity contribution >= 4 is 33.2 Å². The van der Waals surface area contributed by atoms with Gasteiger partial charge in [0.2, 0.25) is 15.9 Å². The van der Waals surface area contributed by atoms with Gasteiger partial charge in [-0.15, -0.1) is 0 Å². The summed E-state index contributed by atoms with van der Waals surface area (Å²) in [6.45, 7) is 0.661. The minimum absolute atomic E-state index is 0.175. The Labute approximate surface area is 207 Å². The van der Waals surface area contributed by atoms with E-state index < -0.39 is 15.9 Å². The number of hydrogen-bond acceptors (Lipinski definition) is 4. The molecule has 3 aromatic carbocycles. The molecular formula is C26H30ClN3O3S. The summed E-state index contributed by atoms with van der Waals surface area (Å²) in [6, 6.07) is 23.4. The van der Waals surface area contributed by atoms with Crippen LogP contribution in [-0.2, 0) is 27.8 Å². The van der Waals surface area contributed by atoms with Crippen molar-refractivity contribution in [3.63, 3.8) is 0 Å². The van der Waals surface area contributed by atoms with E-state index >= 15 is 0 Å². The van der Waals surface area contributed by atoms with E-state index in [0.717, 1.165) is 11.1 Å². The lowest BCUT2D eigenvalue weighted by molar-refractivity contribution is -0.116. The first-order valence-electron chi connectivity index (χ1n) is 11.1. The van der Waals surface area contributed by atoms with Crippen molar-refractivity contribution < 1.29 is 13.2 Å². The van der Waals surface area contributed by atoms with Gasteiger partial charge in [0.1, 0.15) is 0 Å². The number of hydrogen-bond donors (Lipinski definition) is 1. The standard InChI is InChI=1S/C26H30ClN3O3S/c1-29(2)19-22-10-16-25(17-11-22)34(32,33)30(18-6-9-21-7-4-3-5-8-21)20-26(31)28-24-14-12-23(27)13-15-24/h3-5,7-8,10-17H,6,9,18-20H2,1-2H3,(H,28,31). The van der Waals surface area contributed by atoms with E-state index in [1.807, 2.05) is 61.5 Å². The van der Waals surface area contributed by atoms with Gasteiger partial charge in [0.25, 0.3) is 0 Å². The number of anilines is 1. The highest BCUT2D eigenvalue weighted by molar-refractivity contribution is 7.89. The molecule has 0 aromatic heterocycles. The van der Waals surface area contributed by atoms with Gasteiger partial charge in [0.15, 0.2) is 0 Å². The largest absolute Gasteiger partial charge is 0.325 e. The van der Waals surface area contributed by atoms with E-state index in [1.54, 1.807) is 36.4 Å². The van der Waals surface area contributed by atoms with Crippen LogP contribution in [0.4, 0.5) is 5.69 Å². The Hall–Kier alpha value is -2.71. The molecule has 0 radical (unpaired) electrons. The maximum Gasteiger partial charge on any atom is 0.243 e. The third-order valence-corrected chi connectivity index (χ3v) is 7.34. The molecule has 3 rings (SSSR count). The molecule has 34 heavy (non-hydrogen) atoms. The second-order valence-electron chi connectivity index (χ2n) is 8.36. The predicted octanol–water partition coefficient (Wildman–Crippen LogP) is 4.66. The lowest BCUT2D eigenvalue weighted by atomic mass is 10.1. The molecule has 0 heterocycles. The van der Waals surface area contributed by atoms with Crippen LogP contribution < -0.4 is 5.32 Å². The minimum Gasteiger partial charge on any atom is -0.325 e. The highest BCUT2D eigenvalue weighted by atomic mass is 35.5. The van der Waals surface area contributed by atoms with Gasteiger partial charge in [-0.1, -0.05) is 54.1 Å². The van der Waals surface area contributed by atoms with Crippen LogP contribution in [0.15, 0.2) is 83.8 Å². The Morgan fingerprint density at radius 1 is 0.882 bits per heavy atom. The quantitative estimate of drug-likeness (QED) is 0.416. The molecule has 0 spiro atoms. The molecule has 0 unspecified atom stereocenters. The van der Waals surface area contributed by atoms with Crippen LogP contribution in [0.25, 0.3) is 0 Å². The SMILES string of the molecule is CN(C)Cc1ccc(S(=O)(=O)N(CCCc2ccccc2)CC(=O)Nc2ccc(Cl)cc2)cc1. The van der Waals surface area contributed by atoms with Gasteiger partial charge < -0.3 is 10.2 Å². The Kier molecular flexibility index (Phi) is 9.24. The van der Waals surface area contributed by atoms with Gasteiger partial charge in [-0.3, -0.25) is 4.79 Å². The van der Waals surface area contributed by atoms with E-state index in [1.165, 1.54) is 4.31 Å². The van der Waals surface area contributed by atoms with Gasteiger partial charge in [0, 0.05) is 23.8 Å². The fraction of sp³-hybridized carbons (Fsp3) is 0.269. The van der Waals surface area contributed by atoms with E-state index in [2.05, 4.69) is 5.32 Å². The summed E-state index contributed by atoms with van der Waals surface area (Å²) in [5.41, 5.74) is 2.70. The molecule has 0 bridgehead atoms. The Balaban J connectivity index is 1.75. The molecular weight excluding hydrogens is 470 g/mol.